The normalized spacial score (nSPS) is 11.0. The Morgan fingerprint density at radius 3 is 2.22 bits per heavy atom. The highest BCUT2D eigenvalue weighted by atomic mass is 32.1. The minimum Gasteiger partial charge on any atom is -0.342 e. The quantitative estimate of drug-likeness (QED) is 0.498. The number of halogens is 3. The average Bonchev–Trinajstić information content (AvgIpc) is 3.18. The summed E-state index contributed by atoms with van der Waals surface area (Å²) in [6, 6.07) is 13.6. The van der Waals surface area contributed by atoms with Gasteiger partial charge in [0.25, 0.3) is 11.8 Å². The van der Waals surface area contributed by atoms with Gasteiger partial charge >= 0.3 is 6.18 Å². The lowest BCUT2D eigenvalue weighted by atomic mass is 10.1. The van der Waals surface area contributed by atoms with Crippen LogP contribution in [0, 0.1) is 6.92 Å². The topological polar surface area (TPSA) is 87.3 Å². The van der Waals surface area contributed by atoms with Gasteiger partial charge in [-0.15, -0.1) is 11.3 Å². The number of rotatable bonds is 6. The second-order valence-corrected chi connectivity index (χ2v) is 8.04. The Bertz CT molecular complexity index is 1160. The SMILES string of the molecule is Cc1ccc(C(=O)NCC(=O)Nc2cccc(C(=O)Nc3cccc(C(F)(F)F)c3)c2)s1. The monoisotopic (exact) mass is 461 g/mol. The maximum absolute atomic E-state index is 12.8. The first kappa shape index (κ1) is 23.0. The molecule has 0 aliphatic heterocycles. The van der Waals surface area contributed by atoms with Gasteiger partial charge in [-0.25, -0.2) is 0 Å². The molecule has 0 bridgehead atoms. The summed E-state index contributed by atoms with van der Waals surface area (Å²) in [5, 5.41) is 7.48. The van der Waals surface area contributed by atoms with E-state index in [9.17, 15) is 27.6 Å². The number of anilines is 2. The fraction of sp³-hybridized carbons (Fsp3) is 0.136. The summed E-state index contributed by atoms with van der Waals surface area (Å²) in [5.74, 6) is -1.50. The summed E-state index contributed by atoms with van der Waals surface area (Å²) in [6.45, 7) is 1.60. The number of amides is 3. The van der Waals surface area contributed by atoms with E-state index in [-0.39, 0.29) is 23.7 Å². The van der Waals surface area contributed by atoms with Gasteiger partial charge < -0.3 is 16.0 Å². The molecule has 2 aromatic carbocycles. The predicted molar refractivity (Wildman–Crippen MR) is 116 cm³/mol. The molecule has 1 heterocycles. The molecule has 0 spiro atoms. The molecule has 3 amide bonds. The molecule has 0 radical (unpaired) electrons. The first-order chi connectivity index (χ1) is 15.1. The lowest BCUT2D eigenvalue weighted by Gasteiger charge is -2.11. The molecule has 0 aliphatic rings. The number of thiophene rings is 1. The van der Waals surface area contributed by atoms with E-state index in [4.69, 9.17) is 0 Å². The van der Waals surface area contributed by atoms with E-state index in [1.807, 2.05) is 6.92 Å². The van der Waals surface area contributed by atoms with Crippen LogP contribution in [0.2, 0.25) is 0 Å². The molecule has 10 heteroatoms. The van der Waals surface area contributed by atoms with Crippen molar-refractivity contribution in [2.45, 2.75) is 13.1 Å². The highest BCUT2D eigenvalue weighted by Crippen LogP contribution is 2.30. The van der Waals surface area contributed by atoms with Crippen molar-refractivity contribution in [3.63, 3.8) is 0 Å². The molecule has 3 N–H and O–H groups in total. The van der Waals surface area contributed by atoms with Crippen molar-refractivity contribution >= 4 is 40.4 Å². The Morgan fingerprint density at radius 2 is 1.56 bits per heavy atom. The molecule has 0 saturated carbocycles. The molecule has 3 aromatic rings. The third kappa shape index (κ3) is 6.17. The summed E-state index contributed by atoms with van der Waals surface area (Å²) in [6.07, 6.45) is -4.53. The highest BCUT2D eigenvalue weighted by molar-refractivity contribution is 7.13. The van der Waals surface area contributed by atoms with E-state index in [2.05, 4.69) is 16.0 Å². The van der Waals surface area contributed by atoms with Crippen molar-refractivity contribution in [3.8, 4) is 0 Å². The Morgan fingerprint density at radius 1 is 0.875 bits per heavy atom. The lowest BCUT2D eigenvalue weighted by molar-refractivity contribution is -0.137. The minimum atomic E-state index is -4.53. The standard InChI is InChI=1S/C22H18F3N3O3S/c1-13-8-9-18(32-13)21(31)26-12-19(29)27-16-6-2-4-14(10-16)20(30)28-17-7-3-5-15(11-17)22(23,24)25/h2-11H,12H2,1H3,(H,26,31)(H,27,29)(H,28,30). The van der Waals surface area contributed by atoms with Crippen LogP contribution >= 0.6 is 11.3 Å². The summed E-state index contributed by atoms with van der Waals surface area (Å²) in [5.41, 5.74) is -0.451. The van der Waals surface area contributed by atoms with Crippen LogP contribution < -0.4 is 16.0 Å². The van der Waals surface area contributed by atoms with E-state index in [1.54, 1.807) is 18.2 Å². The molecule has 166 valence electrons. The maximum atomic E-state index is 12.8. The van der Waals surface area contributed by atoms with Crippen molar-refractivity contribution in [1.82, 2.24) is 5.32 Å². The van der Waals surface area contributed by atoms with Crippen molar-refractivity contribution < 1.29 is 27.6 Å². The van der Waals surface area contributed by atoms with Gasteiger partial charge in [0.1, 0.15) is 0 Å². The van der Waals surface area contributed by atoms with Gasteiger partial charge in [0.15, 0.2) is 0 Å². The zero-order valence-corrected chi connectivity index (χ0v) is 17.6. The van der Waals surface area contributed by atoms with Gasteiger partial charge in [0.05, 0.1) is 17.0 Å². The van der Waals surface area contributed by atoms with E-state index in [0.717, 1.165) is 17.0 Å². The fourth-order valence-electron chi connectivity index (χ4n) is 2.72. The van der Waals surface area contributed by atoms with Crippen LogP contribution in [0.1, 0.15) is 30.5 Å². The number of hydrogen-bond acceptors (Lipinski definition) is 4. The second kappa shape index (κ2) is 9.65. The smallest absolute Gasteiger partial charge is 0.342 e. The zero-order chi connectivity index (χ0) is 23.3. The molecule has 0 saturated heterocycles. The number of carbonyl (C=O) groups excluding carboxylic acids is 3. The predicted octanol–water partition coefficient (Wildman–Crippen LogP) is 4.70. The molecular formula is C22H18F3N3O3S. The Hall–Kier alpha value is -3.66. The third-order valence-electron chi connectivity index (χ3n) is 4.23. The zero-order valence-electron chi connectivity index (χ0n) is 16.7. The Kier molecular flexibility index (Phi) is 6.94. The second-order valence-electron chi connectivity index (χ2n) is 6.75. The van der Waals surface area contributed by atoms with Crippen molar-refractivity contribution in [2.24, 2.45) is 0 Å². The van der Waals surface area contributed by atoms with Crippen LogP contribution in [0.15, 0.2) is 60.7 Å². The van der Waals surface area contributed by atoms with Crippen molar-refractivity contribution in [1.29, 1.82) is 0 Å². The molecule has 32 heavy (non-hydrogen) atoms. The van der Waals surface area contributed by atoms with Crippen LogP contribution in [-0.2, 0) is 11.0 Å². The van der Waals surface area contributed by atoms with Gasteiger partial charge in [-0.05, 0) is 55.5 Å². The molecule has 3 rings (SSSR count). The van der Waals surface area contributed by atoms with Crippen LogP contribution in [0.5, 0.6) is 0 Å². The number of alkyl halides is 3. The van der Waals surface area contributed by atoms with Crippen LogP contribution in [0.4, 0.5) is 24.5 Å². The Balaban J connectivity index is 1.59. The first-order valence-electron chi connectivity index (χ1n) is 9.35. The number of nitrogens with one attached hydrogen (secondary N) is 3. The minimum absolute atomic E-state index is 0.00853. The molecule has 0 fully saturated rings. The Labute approximate surface area is 185 Å². The van der Waals surface area contributed by atoms with Gasteiger partial charge in [-0.2, -0.15) is 13.2 Å². The van der Waals surface area contributed by atoms with E-state index in [1.165, 1.54) is 41.7 Å². The van der Waals surface area contributed by atoms with Crippen LogP contribution in [-0.4, -0.2) is 24.3 Å². The van der Waals surface area contributed by atoms with Gasteiger partial charge in [0, 0.05) is 21.8 Å². The summed E-state index contributed by atoms with van der Waals surface area (Å²) in [4.78, 5) is 38.0. The fourth-order valence-corrected chi connectivity index (χ4v) is 3.51. The molecule has 0 aliphatic carbocycles. The van der Waals surface area contributed by atoms with E-state index >= 15 is 0 Å². The number of benzene rings is 2. The molecule has 6 nitrogen and oxygen atoms in total. The largest absolute Gasteiger partial charge is 0.416 e. The van der Waals surface area contributed by atoms with Gasteiger partial charge in [0.2, 0.25) is 5.91 Å². The number of aryl methyl sites for hydroxylation is 1. The summed E-state index contributed by atoms with van der Waals surface area (Å²) >= 11 is 1.31. The number of carbonyl (C=O) groups is 3. The molecular weight excluding hydrogens is 443 g/mol. The lowest BCUT2D eigenvalue weighted by Crippen LogP contribution is -2.32. The van der Waals surface area contributed by atoms with E-state index in [0.29, 0.717) is 10.6 Å². The van der Waals surface area contributed by atoms with Gasteiger partial charge in [-0.3, -0.25) is 14.4 Å². The summed E-state index contributed by atoms with van der Waals surface area (Å²) in [7, 11) is 0. The summed E-state index contributed by atoms with van der Waals surface area (Å²) < 4.78 is 38.5. The average molecular weight is 461 g/mol. The number of hydrogen-bond donors (Lipinski definition) is 3. The van der Waals surface area contributed by atoms with E-state index < -0.39 is 23.6 Å². The maximum Gasteiger partial charge on any atom is 0.416 e. The van der Waals surface area contributed by atoms with Gasteiger partial charge in [-0.1, -0.05) is 12.1 Å². The van der Waals surface area contributed by atoms with Crippen molar-refractivity contribution in [3.05, 3.63) is 81.5 Å². The molecule has 0 unspecified atom stereocenters. The first-order valence-corrected chi connectivity index (χ1v) is 10.2. The molecule has 1 aromatic heterocycles. The highest BCUT2D eigenvalue weighted by Gasteiger charge is 2.30. The van der Waals surface area contributed by atoms with Crippen LogP contribution in [0.25, 0.3) is 0 Å². The van der Waals surface area contributed by atoms with Crippen LogP contribution in [0.3, 0.4) is 0 Å². The third-order valence-corrected chi connectivity index (χ3v) is 5.23. The van der Waals surface area contributed by atoms with Crippen molar-refractivity contribution in [2.75, 3.05) is 17.2 Å². The molecule has 0 atom stereocenters.